The van der Waals surface area contributed by atoms with Crippen molar-refractivity contribution >= 4 is 33.5 Å². The number of rotatable bonds is 5. The fraction of sp³-hybridized carbons (Fsp3) is 0.154. The Bertz CT molecular complexity index is 1720. The van der Waals surface area contributed by atoms with E-state index >= 15 is 0 Å². The molecule has 178 valence electrons. The molecule has 35 heavy (non-hydrogen) atoms. The van der Waals surface area contributed by atoms with Crippen LogP contribution in [0.15, 0.2) is 70.3 Å². The summed E-state index contributed by atoms with van der Waals surface area (Å²) in [6.07, 6.45) is 0. The van der Waals surface area contributed by atoms with Crippen molar-refractivity contribution in [2.24, 2.45) is 7.05 Å². The third-order valence-corrected chi connectivity index (χ3v) is 6.43. The molecule has 0 aliphatic carbocycles. The lowest BCUT2D eigenvalue weighted by Gasteiger charge is -2.14. The van der Waals surface area contributed by atoms with E-state index < -0.39 is 17.1 Å². The summed E-state index contributed by atoms with van der Waals surface area (Å²) in [5.41, 5.74) is 1.47. The standard InChI is InChI=1S/C26H21ClFN3O4/c1-29-22-11-9-18(35-3)13-19(22)23-24(29)25(32)31(16-6-10-21(28)20(27)12-16)26(33)30(23)14-15-4-7-17(34-2)8-5-15/h4-13H,14H2,1-3H3. The number of methoxy groups -OCH3 is 2. The van der Waals surface area contributed by atoms with Crippen LogP contribution in [-0.2, 0) is 13.6 Å². The molecular formula is C26H21ClFN3O4. The second-order valence-electron chi connectivity index (χ2n) is 8.10. The molecule has 0 unspecified atom stereocenters. The molecule has 0 fully saturated rings. The van der Waals surface area contributed by atoms with E-state index in [2.05, 4.69) is 0 Å². The summed E-state index contributed by atoms with van der Waals surface area (Å²) in [4.78, 5) is 27.6. The van der Waals surface area contributed by atoms with Gasteiger partial charge < -0.3 is 14.0 Å². The van der Waals surface area contributed by atoms with Gasteiger partial charge in [0.15, 0.2) is 0 Å². The van der Waals surface area contributed by atoms with Crippen molar-refractivity contribution in [1.29, 1.82) is 0 Å². The van der Waals surface area contributed by atoms with Crippen molar-refractivity contribution in [2.45, 2.75) is 6.54 Å². The lowest BCUT2D eigenvalue weighted by Crippen LogP contribution is -2.39. The van der Waals surface area contributed by atoms with Crippen LogP contribution in [0.1, 0.15) is 5.56 Å². The van der Waals surface area contributed by atoms with Gasteiger partial charge in [-0.15, -0.1) is 0 Å². The Kier molecular flexibility index (Phi) is 5.61. The van der Waals surface area contributed by atoms with Crippen LogP contribution in [0.25, 0.3) is 27.6 Å². The van der Waals surface area contributed by atoms with E-state index in [1.165, 1.54) is 16.7 Å². The monoisotopic (exact) mass is 493 g/mol. The third-order valence-electron chi connectivity index (χ3n) is 6.14. The highest BCUT2D eigenvalue weighted by atomic mass is 35.5. The zero-order chi connectivity index (χ0) is 24.9. The number of hydrogen-bond acceptors (Lipinski definition) is 4. The van der Waals surface area contributed by atoms with E-state index in [-0.39, 0.29) is 17.3 Å². The van der Waals surface area contributed by atoms with Gasteiger partial charge in [0.1, 0.15) is 22.8 Å². The SMILES string of the molecule is COc1ccc(Cn2c(=O)n(-c3ccc(F)c(Cl)c3)c(=O)c3c2c2cc(OC)ccc2n3C)cc1. The van der Waals surface area contributed by atoms with Crippen LogP contribution >= 0.6 is 11.6 Å². The molecule has 5 rings (SSSR count). The van der Waals surface area contributed by atoms with Crippen molar-refractivity contribution in [1.82, 2.24) is 13.7 Å². The normalized spacial score (nSPS) is 11.3. The first-order valence-corrected chi connectivity index (χ1v) is 11.1. The van der Waals surface area contributed by atoms with Gasteiger partial charge >= 0.3 is 5.69 Å². The molecule has 0 spiro atoms. The molecule has 7 nitrogen and oxygen atoms in total. The Balaban J connectivity index is 1.90. The van der Waals surface area contributed by atoms with Gasteiger partial charge in [0, 0.05) is 12.4 Å². The lowest BCUT2D eigenvalue weighted by atomic mass is 10.2. The Labute approximate surface area is 204 Å². The average Bonchev–Trinajstić information content (AvgIpc) is 3.16. The summed E-state index contributed by atoms with van der Waals surface area (Å²) in [6, 6.07) is 16.5. The number of hydrogen-bond donors (Lipinski definition) is 0. The second-order valence-corrected chi connectivity index (χ2v) is 8.50. The largest absolute Gasteiger partial charge is 0.497 e. The minimum Gasteiger partial charge on any atom is -0.497 e. The van der Waals surface area contributed by atoms with Gasteiger partial charge in [-0.3, -0.25) is 9.36 Å². The summed E-state index contributed by atoms with van der Waals surface area (Å²) in [5.74, 6) is 0.648. The fourth-order valence-electron chi connectivity index (χ4n) is 4.37. The zero-order valence-corrected chi connectivity index (χ0v) is 20.0. The molecule has 5 aromatic rings. The van der Waals surface area contributed by atoms with E-state index in [1.54, 1.807) is 50.1 Å². The molecule has 0 aliphatic heterocycles. The number of aromatic nitrogens is 3. The maximum atomic E-state index is 13.9. The second kappa shape index (κ2) is 8.63. The molecule has 2 aromatic heterocycles. The summed E-state index contributed by atoms with van der Waals surface area (Å²) in [7, 11) is 4.90. The molecule has 0 amide bonds. The van der Waals surface area contributed by atoms with Crippen LogP contribution in [0.5, 0.6) is 11.5 Å². The molecule has 0 radical (unpaired) electrons. The van der Waals surface area contributed by atoms with Crippen LogP contribution < -0.4 is 20.7 Å². The van der Waals surface area contributed by atoms with Gasteiger partial charge in [0.05, 0.1) is 42.5 Å². The Morgan fingerprint density at radius 3 is 2.23 bits per heavy atom. The Morgan fingerprint density at radius 2 is 1.57 bits per heavy atom. The first-order chi connectivity index (χ1) is 16.8. The van der Waals surface area contributed by atoms with E-state index in [0.717, 1.165) is 21.7 Å². The van der Waals surface area contributed by atoms with Gasteiger partial charge in [-0.1, -0.05) is 23.7 Å². The molecule has 0 saturated carbocycles. The molecule has 0 saturated heterocycles. The number of aryl methyl sites for hydroxylation is 1. The number of benzene rings is 3. The van der Waals surface area contributed by atoms with E-state index in [4.69, 9.17) is 21.1 Å². The fourth-order valence-corrected chi connectivity index (χ4v) is 4.55. The molecule has 9 heteroatoms. The maximum Gasteiger partial charge on any atom is 0.336 e. The average molecular weight is 494 g/mol. The first-order valence-electron chi connectivity index (χ1n) is 10.7. The van der Waals surface area contributed by atoms with Crippen LogP contribution in [-0.4, -0.2) is 27.9 Å². The highest BCUT2D eigenvalue weighted by molar-refractivity contribution is 6.30. The third kappa shape index (κ3) is 3.66. The van der Waals surface area contributed by atoms with Crippen LogP contribution in [0.3, 0.4) is 0 Å². The number of ether oxygens (including phenoxy) is 2. The minimum absolute atomic E-state index is 0.180. The highest BCUT2D eigenvalue weighted by Gasteiger charge is 2.22. The Hall–Kier alpha value is -4.04. The Morgan fingerprint density at radius 1 is 0.886 bits per heavy atom. The van der Waals surface area contributed by atoms with E-state index in [0.29, 0.717) is 27.9 Å². The van der Waals surface area contributed by atoms with Crippen LogP contribution in [0, 0.1) is 5.82 Å². The predicted octanol–water partition coefficient (Wildman–Crippen LogP) is 4.50. The molecular weight excluding hydrogens is 473 g/mol. The van der Waals surface area contributed by atoms with Gasteiger partial charge in [-0.05, 0) is 54.1 Å². The van der Waals surface area contributed by atoms with Gasteiger partial charge in [-0.25, -0.2) is 13.8 Å². The minimum atomic E-state index is -0.639. The quantitative estimate of drug-likeness (QED) is 0.361. The topological polar surface area (TPSA) is 67.4 Å². The van der Waals surface area contributed by atoms with Crippen molar-refractivity contribution in [3.8, 4) is 17.2 Å². The van der Waals surface area contributed by atoms with Crippen molar-refractivity contribution in [3.05, 3.63) is 97.9 Å². The molecule has 3 aromatic carbocycles. The summed E-state index contributed by atoms with van der Waals surface area (Å²) in [6.45, 7) is 0.185. The summed E-state index contributed by atoms with van der Waals surface area (Å²) < 4.78 is 28.8. The smallest absolute Gasteiger partial charge is 0.336 e. The molecule has 0 bridgehead atoms. The number of nitrogens with zero attached hydrogens (tertiary/aromatic N) is 3. The first kappa shape index (κ1) is 22.7. The molecule has 0 atom stereocenters. The lowest BCUT2D eigenvalue weighted by molar-refractivity contribution is 0.414. The van der Waals surface area contributed by atoms with Crippen LogP contribution in [0.2, 0.25) is 5.02 Å². The zero-order valence-electron chi connectivity index (χ0n) is 19.2. The van der Waals surface area contributed by atoms with E-state index in [9.17, 15) is 14.0 Å². The maximum absolute atomic E-state index is 13.9. The summed E-state index contributed by atoms with van der Waals surface area (Å²) >= 11 is 5.98. The van der Waals surface area contributed by atoms with Gasteiger partial charge in [0.2, 0.25) is 0 Å². The van der Waals surface area contributed by atoms with Crippen molar-refractivity contribution in [2.75, 3.05) is 14.2 Å². The van der Waals surface area contributed by atoms with Crippen LogP contribution in [0.4, 0.5) is 4.39 Å². The molecule has 2 heterocycles. The molecule has 0 N–H and O–H groups in total. The number of fused-ring (bicyclic) bond motifs is 3. The summed E-state index contributed by atoms with van der Waals surface area (Å²) in [5, 5.41) is 0.520. The van der Waals surface area contributed by atoms with Gasteiger partial charge in [-0.2, -0.15) is 0 Å². The number of halogens is 2. The molecule has 0 aliphatic rings. The highest BCUT2D eigenvalue weighted by Crippen LogP contribution is 2.30. The predicted molar refractivity (Wildman–Crippen MR) is 134 cm³/mol. The van der Waals surface area contributed by atoms with Crippen molar-refractivity contribution in [3.63, 3.8) is 0 Å². The van der Waals surface area contributed by atoms with Gasteiger partial charge in [0.25, 0.3) is 5.56 Å². The van der Waals surface area contributed by atoms with Crippen molar-refractivity contribution < 1.29 is 13.9 Å². The van der Waals surface area contributed by atoms with E-state index in [1.807, 2.05) is 18.2 Å².